The lowest BCUT2D eigenvalue weighted by Crippen LogP contribution is -2.08. The number of aromatic hydroxyl groups is 2. The molecule has 70 heavy (non-hydrogen) atoms. The summed E-state index contributed by atoms with van der Waals surface area (Å²) in [4.78, 5) is 0. The summed E-state index contributed by atoms with van der Waals surface area (Å²) in [5, 5.41) is 23.1. The summed E-state index contributed by atoms with van der Waals surface area (Å²) < 4.78 is 48.1. The SMILES string of the molecule is Oc1ccc(OCOc2ccc(-c3ccc(OCOc4ccc5ccccc5c4-c4c(OCOc5ccc(-c6ccc(OCOc7ccc(O)cc7)cc6)cc5)ccc5ccccc45)cc3)cc2)cc1. The Balaban J connectivity index is 0.790. The zero-order chi connectivity index (χ0) is 47.5. The van der Waals surface area contributed by atoms with Crippen molar-refractivity contribution >= 4 is 21.5 Å². The lowest BCUT2D eigenvalue weighted by atomic mass is 9.92. The number of benzene rings is 10. The minimum absolute atomic E-state index is 0.0298. The Morgan fingerprint density at radius 2 is 0.500 bits per heavy atom. The molecule has 2 N–H and O–H groups in total. The molecule has 0 amide bonds. The highest BCUT2D eigenvalue weighted by molar-refractivity contribution is 6.09. The van der Waals surface area contributed by atoms with Crippen LogP contribution in [0.3, 0.4) is 0 Å². The van der Waals surface area contributed by atoms with Crippen molar-refractivity contribution in [2.24, 2.45) is 0 Å². The van der Waals surface area contributed by atoms with Gasteiger partial charge in [0.25, 0.3) is 0 Å². The molecule has 0 atom stereocenters. The van der Waals surface area contributed by atoms with Crippen molar-refractivity contribution < 1.29 is 48.1 Å². The molecule has 10 rings (SSSR count). The van der Waals surface area contributed by atoms with Gasteiger partial charge >= 0.3 is 0 Å². The van der Waals surface area contributed by atoms with Crippen LogP contribution in [0.25, 0.3) is 54.9 Å². The maximum Gasteiger partial charge on any atom is 0.230 e. The van der Waals surface area contributed by atoms with E-state index >= 15 is 0 Å². The van der Waals surface area contributed by atoms with Crippen molar-refractivity contribution in [2.75, 3.05) is 27.2 Å². The van der Waals surface area contributed by atoms with Crippen LogP contribution in [-0.4, -0.2) is 37.4 Å². The van der Waals surface area contributed by atoms with E-state index in [4.69, 9.17) is 37.9 Å². The minimum Gasteiger partial charge on any atom is -0.508 e. The summed E-state index contributed by atoms with van der Waals surface area (Å²) in [5.74, 6) is 5.53. The van der Waals surface area contributed by atoms with Crippen molar-refractivity contribution in [3.05, 3.63) is 218 Å². The predicted octanol–water partition coefficient (Wildman–Crippen LogP) is 14.1. The Morgan fingerprint density at radius 3 is 0.800 bits per heavy atom. The summed E-state index contributed by atoms with van der Waals surface area (Å²) in [5.41, 5.74) is 5.85. The molecule has 0 saturated heterocycles. The zero-order valence-electron chi connectivity index (χ0n) is 37.8. The van der Waals surface area contributed by atoms with Gasteiger partial charge in [-0.2, -0.15) is 0 Å². The Labute approximate surface area is 404 Å². The monoisotopic (exact) mass is 926 g/mol. The van der Waals surface area contributed by atoms with E-state index in [0.717, 1.165) is 54.9 Å². The molecule has 0 aliphatic heterocycles. The Bertz CT molecular complexity index is 3080. The van der Waals surface area contributed by atoms with Crippen LogP contribution in [0.4, 0.5) is 0 Å². The van der Waals surface area contributed by atoms with Gasteiger partial charge < -0.3 is 48.1 Å². The van der Waals surface area contributed by atoms with Crippen LogP contribution in [0, 0.1) is 0 Å². The van der Waals surface area contributed by atoms with Gasteiger partial charge in [0, 0.05) is 11.1 Å². The normalized spacial score (nSPS) is 10.9. The maximum atomic E-state index is 9.47. The molecule has 346 valence electrons. The van der Waals surface area contributed by atoms with Gasteiger partial charge in [-0.05, 0) is 153 Å². The van der Waals surface area contributed by atoms with Gasteiger partial charge in [0.2, 0.25) is 27.2 Å². The van der Waals surface area contributed by atoms with Crippen molar-refractivity contribution in [2.45, 2.75) is 0 Å². The number of phenolic OH excluding ortho intramolecular Hbond substituents is 2. The highest BCUT2D eigenvalue weighted by Crippen LogP contribution is 2.46. The van der Waals surface area contributed by atoms with Crippen LogP contribution in [0.15, 0.2) is 218 Å². The van der Waals surface area contributed by atoms with E-state index in [-0.39, 0.29) is 38.7 Å². The van der Waals surface area contributed by atoms with E-state index in [1.807, 2.05) is 133 Å². The van der Waals surface area contributed by atoms with Crippen LogP contribution < -0.4 is 37.9 Å². The largest absolute Gasteiger partial charge is 0.508 e. The van der Waals surface area contributed by atoms with Crippen LogP contribution in [-0.2, 0) is 0 Å². The summed E-state index contributed by atoms with van der Waals surface area (Å²) in [6, 6.07) is 68.8. The van der Waals surface area contributed by atoms with Gasteiger partial charge in [0.15, 0.2) is 0 Å². The van der Waals surface area contributed by atoms with Crippen molar-refractivity contribution in [1.29, 1.82) is 0 Å². The standard InChI is InChI=1S/C60H46O10/c61-47-19-31-53(32-20-47)65-37-63-49-23-9-41(10-24-49)43-13-27-51(28-14-43)67-39-69-57-35-17-45-5-1-3-7-55(45)59(57)60-56-8-4-2-6-46(56)18-36-58(60)70-40-68-52-29-15-44(16-30-52)42-11-25-50(26-12-42)64-38-66-54-33-21-48(62)22-34-54/h1-36,61-62H,37-40H2. The first-order valence-electron chi connectivity index (χ1n) is 22.5. The zero-order valence-corrected chi connectivity index (χ0v) is 37.8. The molecule has 0 bridgehead atoms. The van der Waals surface area contributed by atoms with Crippen LogP contribution in [0.5, 0.6) is 57.5 Å². The average Bonchev–Trinajstić information content (AvgIpc) is 3.40. The second-order valence-electron chi connectivity index (χ2n) is 16.0. The van der Waals surface area contributed by atoms with Gasteiger partial charge in [-0.1, -0.05) is 109 Å². The first-order chi connectivity index (χ1) is 34.5. The van der Waals surface area contributed by atoms with Gasteiger partial charge in [-0.25, -0.2) is 0 Å². The van der Waals surface area contributed by atoms with Gasteiger partial charge in [-0.15, -0.1) is 0 Å². The van der Waals surface area contributed by atoms with E-state index in [0.29, 0.717) is 46.0 Å². The fourth-order valence-electron chi connectivity index (χ4n) is 7.97. The number of rotatable bonds is 19. The summed E-state index contributed by atoms with van der Waals surface area (Å²) in [7, 11) is 0. The number of ether oxygens (including phenoxy) is 8. The van der Waals surface area contributed by atoms with Crippen molar-refractivity contribution in [3.8, 4) is 90.9 Å². The molecule has 0 heterocycles. The van der Waals surface area contributed by atoms with E-state index < -0.39 is 0 Å². The fourth-order valence-corrected chi connectivity index (χ4v) is 7.97. The number of hydrogen-bond donors (Lipinski definition) is 2. The Morgan fingerprint density at radius 1 is 0.243 bits per heavy atom. The average molecular weight is 927 g/mol. The third-order valence-corrected chi connectivity index (χ3v) is 11.6. The van der Waals surface area contributed by atoms with Crippen LogP contribution in [0.2, 0.25) is 0 Å². The maximum absolute atomic E-state index is 9.47. The molecule has 0 spiro atoms. The quantitative estimate of drug-likeness (QED) is 0.0760. The second kappa shape index (κ2) is 21.1. The topological polar surface area (TPSA) is 114 Å². The van der Waals surface area contributed by atoms with Crippen molar-refractivity contribution in [3.63, 3.8) is 0 Å². The third kappa shape index (κ3) is 10.8. The molecule has 0 aliphatic carbocycles. The molecular weight excluding hydrogens is 881 g/mol. The van der Waals surface area contributed by atoms with Gasteiger partial charge in [-0.3, -0.25) is 0 Å². The Hall–Kier alpha value is -9.28. The lowest BCUT2D eigenvalue weighted by Gasteiger charge is -2.20. The molecule has 10 nitrogen and oxygen atoms in total. The molecular formula is C60H46O10. The molecule has 0 aliphatic rings. The molecule has 0 saturated carbocycles. The molecule has 10 aromatic rings. The molecule has 10 aromatic carbocycles. The number of fused-ring (bicyclic) bond motifs is 2. The third-order valence-electron chi connectivity index (χ3n) is 11.6. The molecule has 0 fully saturated rings. The summed E-state index contributed by atoms with van der Waals surface area (Å²) >= 11 is 0. The first kappa shape index (κ1) is 44.6. The fraction of sp³-hybridized carbons (Fsp3) is 0.0667. The van der Waals surface area contributed by atoms with Gasteiger partial charge in [0.05, 0.1) is 0 Å². The first-order valence-corrected chi connectivity index (χ1v) is 22.5. The molecule has 10 heteroatoms. The summed E-state index contributed by atoms with van der Waals surface area (Å²) in [6.45, 7) is 0.0250. The highest BCUT2D eigenvalue weighted by Gasteiger charge is 2.20. The second-order valence-corrected chi connectivity index (χ2v) is 16.0. The summed E-state index contributed by atoms with van der Waals surface area (Å²) in [6.07, 6.45) is 0. The minimum atomic E-state index is -0.0298. The van der Waals surface area contributed by atoms with E-state index in [1.54, 1.807) is 48.5 Å². The molecule has 0 radical (unpaired) electrons. The Kier molecular flexibility index (Phi) is 13.4. The highest BCUT2D eigenvalue weighted by atomic mass is 16.7. The number of hydrogen-bond acceptors (Lipinski definition) is 10. The lowest BCUT2D eigenvalue weighted by molar-refractivity contribution is 0.118. The number of phenols is 2. The molecule has 0 unspecified atom stereocenters. The predicted molar refractivity (Wildman–Crippen MR) is 271 cm³/mol. The van der Waals surface area contributed by atoms with Crippen molar-refractivity contribution in [1.82, 2.24) is 0 Å². The molecule has 0 aromatic heterocycles. The van der Waals surface area contributed by atoms with E-state index in [2.05, 4.69) is 36.4 Å². The van der Waals surface area contributed by atoms with E-state index in [9.17, 15) is 10.2 Å². The van der Waals surface area contributed by atoms with Gasteiger partial charge in [0.1, 0.15) is 57.5 Å². The van der Waals surface area contributed by atoms with E-state index in [1.165, 1.54) is 0 Å². The van der Waals surface area contributed by atoms with Crippen LogP contribution in [0.1, 0.15) is 0 Å². The van der Waals surface area contributed by atoms with Crippen LogP contribution >= 0.6 is 0 Å². The smallest absolute Gasteiger partial charge is 0.230 e.